The van der Waals surface area contributed by atoms with Gasteiger partial charge < -0.3 is 10.2 Å². The van der Waals surface area contributed by atoms with Crippen LogP contribution in [-0.4, -0.2) is 26.7 Å². The van der Waals surface area contributed by atoms with E-state index in [2.05, 4.69) is 9.71 Å². The fourth-order valence-corrected chi connectivity index (χ4v) is 5.36. The van der Waals surface area contributed by atoms with Crippen molar-refractivity contribution in [2.45, 2.75) is 43.5 Å². The van der Waals surface area contributed by atoms with Gasteiger partial charge >= 0.3 is 0 Å². The number of carbonyl (C=O) groups is 1. The highest BCUT2D eigenvalue weighted by molar-refractivity contribution is 7.90. The van der Waals surface area contributed by atoms with Crippen LogP contribution in [0.1, 0.15) is 54.6 Å². The first-order chi connectivity index (χ1) is 14.3. The van der Waals surface area contributed by atoms with Crippen LogP contribution in [0.4, 0.5) is 5.69 Å². The van der Waals surface area contributed by atoms with Crippen LogP contribution in [0.15, 0.2) is 45.7 Å². The van der Waals surface area contributed by atoms with E-state index in [-0.39, 0.29) is 22.4 Å². The smallest absolute Gasteiger partial charge is 0.286 e. The number of amides is 1. The molecule has 30 heavy (non-hydrogen) atoms. The Kier molecular flexibility index (Phi) is 5.79. The number of fused-ring (bicyclic) bond motifs is 3. The molecule has 1 fully saturated rings. The third-order valence-electron chi connectivity index (χ3n) is 5.40. The van der Waals surface area contributed by atoms with E-state index < -0.39 is 10.0 Å². The number of anilines is 1. The first-order valence-electron chi connectivity index (χ1n) is 9.77. The van der Waals surface area contributed by atoms with E-state index in [4.69, 9.17) is 23.2 Å². The lowest BCUT2D eigenvalue weighted by Crippen LogP contribution is -2.35. The monoisotopic (exact) mass is 465 g/mol. The van der Waals surface area contributed by atoms with Gasteiger partial charge in [0, 0.05) is 18.5 Å². The van der Waals surface area contributed by atoms with E-state index in [1.54, 1.807) is 30.3 Å². The molecule has 0 aliphatic carbocycles. The second-order valence-corrected chi connectivity index (χ2v) is 9.88. The molecule has 4 rings (SSSR count). The Bertz CT molecular complexity index is 1150. The summed E-state index contributed by atoms with van der Waals surface area (Å²) in [5, 5.41) is 3.72. The van der Waals surface area contributed by atoms with Gasteiger partial charge in [0.25, 0.3) is 15.9 Å². The zero-order valence-electron chi connectivity index (χ0n) is 16.4. The van der Waals surface area contributed by atoms with Gasteiger partial charge in [-0.1, -0.05) is 35.7 Å². The summed E-state index contributed by atoms with van der Waals surface area (Å²) in [6.45, 7) is 2.54. The zero-order chi connectivity index (χ0) is 21.5. The number of hydrogen-bond acceptors (Lipinski definition) is 4. The van der Waals surface area contributed by atoms with Crippen LogP contribution in [-0.2, 0) is 10.0 Å². The van der Waals surface area contributed by atoms with Gasteiger partial charge in [0.1, 0.15) is 10.7 Å². The molecule has 1 amide bonds. The van der Waals surface area contributed by atoms with Crippen molar-refractivity contribution >= 4 is 50.7 Å². The molecule has 0 aromatic heterocycles. The maximum atomic E-state index is 12.8. The predicted molar refractivity (Wildman–Crippen MR) is 119 cm³/mol. The first kappa shape index (κ1) is 21.2. The van der Waals surface area contributed by atoms with Crippen LogP contribution < -0.4 is 10.2 Å². The molecule has 2 heterocycles. The summed E-state index contributed by atoms with van der Waals surface area (Å²) >= 11 is 12.0. The molecule has 1 saturated heterocycles. The van der Waals surface area contributed by atoms with Gasteiger partial charge in [0.05, 0.1) is 21.8 Å². The van der Waals surface area contributed by atoms with Crippen molar-refractivity contribution in [3.8, 4) is 0 Å². The summed E-state index contributed by atoms with van der Waals surface area (Å²) in [7, 11) is -3.84. The van der Waals surface area contributed by atoms with Crippen molar-refractivity contribution in [1.82, 2.24) is 5.32 Å². The Morgan fingerprint density at radius 1 is 1.10 bits per heavy atom. The molecular weight excluding hydrogens is 445 g/mol. The van der Waals surface area contributed by atoms with Gasteiger partial charge in [0.15, 0.2) is 0 Å². The molecule has 0 radical (unpaired) electrons. The molecule has 0 saturated carbocycles. The van der Waals surface area contributed by atoms with Crippen molar-refractivity contribution in [2.75, 3.05) is 11.4 Å². The van der Waals surface area contributed by atoms with Crippen molar-refractivity contribution in [3.05, 3.63) is 57.6 Å². The summed E-state index contributed by atoms with van der Waals surface area (Å²) in [4.78, 5) is 14.8. The van der Waals surface area contributed by atoms with Crippen molar-refractivity contribution in [2.24, 2.45) is 4.40 Å². The quantitative estimate of drug-likeness (QED) is 0.693. The maximum Gasteiger partial charge on any atom is 0.286 e. The summed E-state index contributed by atoms with van der Waals surface area (Å²) in [5.41, 5.74) is 1.65. The molecule has 2 aromatic carbocycles. The van der Waals surface area contributed by atoms with Crippen molar-refractivity contribution in [3.63, 3.8) is 0 Å². The highest BCUT2D eigenvalue weighted by Crippen LogP contribution is 2.35. The number of nitrogens with zero attached hydrogens (tertiary/aromatic N) is 2. The average molecular weight is 466 g/mol. The number of hydrogen-bond donors (Lipinski definition) is 1. The van der Waals surface area contributed by atoms with Crippen LogP contribution in [0, 0.1) is 0 Å². The van der Waals surface area contributed by atoms with Gasteiger partial charge in [-0.3, -0.25) is 4.79 Å². The lowest BCUT2D eigenvalue weighted by Gasteiger charge is -2.29. The van der Waals surface area contributed by atoms with Gasteiger partial charge in [-0.15, -0.1) is 4.40 Å². The van der Waals surface area contributed by atoms with Crippen LogP contribution in [0.5, 0.6) is 0 Å². The lowest BCUT2D eigenvalue weighted by molar-refractivity contribution is 0.0939. The number of benzene rings is 2. The zero-order valence-corrected chi connectivity index (χ0v) is 18.7. The summed E-state index contributed by atoms with van der Waals surface area (Å²) < 4.78 is 29.5. The number of nitrogens with one attached hydrogen (secondary N) is 1. The number of carbonyl (C=O) groups excluding carboxylic acids is 1. The average Bonchev–Trinajstić information content (AvgIpc) is 2.94. The third-order valence-corrected chi connectivity index (χ3v) is 7.47. The molecule has 9 heteroatoms. The van der Waals surface area contributed by atoms with Gasteiger partial charge in [-0.2, -0.15) is 8.42 Å². The van der Waals surface area contributed by atoms with E-state index >= 15 is 0 Å². The molecule has 1 N–H and O–H groups in total. The molecule has 1 atom stereocenters. The number of halogens is 2. The third kappa shape index (κ3) is 4.06. The van der Waals surface area contributed by atoms with Crippen molar-refractivity contribution in [1.29, 1.82) is 0 Å². The van der Waals surface area contributed by atoms with E-state index in [1.165, 1.54) is 6.07 Å². The summed E-state index contributed by atoms with van der Waals surface area (Å²) in [6, 6.07) is 9.57. The van der Waals surface area contributed by atoms with Crippen LogP contribution in [0.3, 0.4) is 0 Å². The van der Waals surface area contributed by atoms with Crippen molar-refractivity contribution < 1.29 is 13.2 Å². The Balaban J connectivity index is 1.61. The van der Waals surface area contributed by atoms with Crippen LogP contribution in [0.2, 0.25) is 10.0 Å². The Labute approximate surface area is 185 Å². The fraction of sp³-hybridized carbons (Fsp3) is 0.333. The number of rotatable bonds is 3. The minimum atomic E-state index is -3.84. The van der Waals surface area contributed by atoms with Gasteiger partial charge in [-0.05, 0) is 55.7 Å². The van der Waals surface area contributed by atoms with E-state index in [0.29, 0.717) is 28.0 Å². The van der Waals surface area contributed by atoms with E-state index in [1.807, 2.05) is 11.8 Å². The van der Waals surface area contributed by atoms with Gasteiger partial charge in [0.2, 0.25) is 0 Å². The second kappa shape index (κ2) is 8.21. The maximum absolute atomic E-state index is 12.8. The summed E-state index contributed by atoms with van der Waals surface area (Å²) in [5.74, 6) is 0.211. The molecule has 6 nitrogen and oxygen atoms in total. The topological polar surface area (TPSA) is 78.8 Å². The highest BCUT2D eigenvalue weighted by Gasteiger charge is 2.32. The van der Waals surface area contributed by atoms with Crippen LogP contribution >= 0.6 is 23.2 Å². The molecule has 2 aliphatic heterocycles. The molecule has 0 unspecified atom stereocenters. The van der Waals surface area contributed by atoms with E-state index in [9.17, 15) is 13.2 Å². The van der Waals surface area contributed by atoms with E-state index in [0.717, 1.165) is 31.4 Å². The Morgan fingerprint density at radius 2 is 1.90 bits per heavy atom. The largest absolute Gasteiger partial charge is 0.346 e. The van der Waals surface area contributed by atoms with Gasteiger partial charge in [-0.25, -0.2) is 0 Å². The lowest BCUT2D eigenvalue weighted by atomic mass is 10.1. The molecule has 0 bridgehead atoms. The summed E-state index contributed by atoms with van der Waals surface area (Å²) in [6.07, 6.45) is 3.58. The normalized spacial score (nSPS) is 18.5. The minimum absolute atomic E-state index is 0.0722. The molecule has 2 aromatic rings. The van der Waals surface area contributed by atoms with Crippen LogP contribution in [0.25, 0.3) is 0 Å². The molecule has 2 aliphatic rings. The molecule has 0 spiro atoms. The Hall–Kier alpha value is -2.09. The minimum Gasteiger partial charge on any atom is -0.346 e. The fourth-order valence-electron chi connectivity index (χ4n) is 3.77. The number of amidine groups is 1. The Morgan fingerprint density at radius 3 is 2.67 bits per heavy atom. The molecular formula is C21H21Cl2N3O3S. The molecule has 158 valence electrons. The first-order valence-corrected chi connectivity index (χ1v) is 12.0. The predicted octanol–water partition coefficient (Wildman–Crippen LogP) is 4.97. The highest BCUT2D eigenvalue weighted by atomic mass is 35.5. The standard InChI is InChI=1S/C21H21Cl2N3O3S/c1-13(14-6-8-16(22)17(23)11-14)24-21(27)15-7-9-18-19(12-15)30(28,29)25-20-5-3-2-4-10-26(18)20/h6-9,11-13H,2-5,10H2,1H3,(H,24,27)/t13-/m0/s1. The second-order valence-electron chi connectivity index (χ2n) is 7.50. The number of sulfonamides is 1. The SMILES string of the molecule is C[C@H](NC(=O)c1ccc2c(c1)S(=O)(=O)N=C1CCCCCN12)c1ccc(Cl)c(Cl)c1.